The van der Waals surface area contributed by atoms with E-state index in [0.717, 1.165) is 9.87 Å². The van der Waals surface area contributed by atoms with E-state index in [0.29, 0.717) is 0 Å². The zero-order valence-electron chi connectivity index (χ0n) is 11.6. The van der Waals surface area contributed by atoms with Crippen LogP contribution >= 0.6 is 0 Å². The summed E-state index contributed by atoms with van der Waals surface area (Å²) in [6.45, 7) is 0.204. The van der Waals surface area contributed by atoms with Gasteiger partial charge in [-0.3, -0.25) is 4.79 Å². The number of carbonyl (C=O) groups excluding carboxylic acids is 1. The molecule has 0 unspecified atom stereocenters. The van der Waals surface area contributed by atoms with E-state index in [1.807, 2.05) is 30.3 Å². The molecule has 0 saturated heterocycles. The van der Waals surface area contributed by atoms with Crippen LogP contribution in [0.5, 0.6) is 0 Å². The number of sulfonamides is 1. The van der Waals surface area contributed by atoms with Crippen LogP contribution in [0.1, 0.15) is 12.0 Å². The second-order valence-electron chi connectivity index (χ2n) is 4.29. The molecule has 0 aliphatic heterocycles. The third-order valence-electron chi connectivity index (χ3n) is 2.52. The van der Waals surface area contributed by atoms with Crippen LogP contribution in [0.15, 0.2) is 30.3 Å². The van der Waals surface area contributed by atoms with E-state index >= 15 is 0 Å². The number of rotatable bonds is 5. The maximum Gasteiger partial charge on any atom is 0.221 e. The van der Waals surface area contributed by atoms with Crippen LogP contribution in [0.2, 0.25) is 0 Å². The lowest BCUT2D eigenvalue weighted by molar-refractivity contribution is -0.120. The standard InChI is InChI=1S/C14H18N2O3S/c1-16(2)20(18,19)12-10-14(17)15-11-6-9-13-7-4-3-5-8-13/h3-5,7-8H,10-12H2,1-2H3,(H,15,17). The summed E-state index contributed by atoms with van der Waals surface area (Å²) < 4.78 is 24.0. The summed E-state index contributed by atoms with van der Waals surface area (Å²) in [5.74, 6) is 5.19. The minimum atomic E-state index is -3.33. The third kappa shape index (κ3) is 5.87. The van der Waals surface area contributed by atoms with E-state index in [2.05, 4.69) is 17.2 Å². The van der Waals surface area contributed by atoms with Crippen molar-refractivity contribution in [2.24, 2.45) is 0 Å². The molecule has 0 radical (unpaired) electrons. The molecule has 0 heterocycles. The Hall–Kier alpha value is -1.84. The van der Waals surface area contributed by atoms with E-state index in [9.17, 15) is 13.2 Å². The van der Waals surface area contributed by atoms with Gasteiger partial charge < -0.3 is 5.32 Å². The van der Waals surface area contributed by atoms with Crippen molar-refractivity contribution >= 4 is 15.9 Å². The van der Waals surface area contributed by atoms with Crippen molar-refractivity contribution < 1.29 is 13.2 Å². The van der Waals surface area contributed by atoms with Gasteiger partial charge in [0.05, 0.1) is 12.3 Å². The molecule has 1 amide bonds. The van der Waals surface area contributed by atoms with Crippen LogP contribution in [0.4, 0.5) is 0 Å². The van der Waals surface area contributed by atoms with E-state index in [1.165, 1.54) is 14.1 Å². The summed E-state index contributed by atoms with van der Waals surface area (Å²) >= 11 is 0. The fourth-order valence-electron chi connectivity index (χ4n) is 1.30. The molecule has 0 aliphatic rings. The first-order chi connectivity index (χ1) is 9.42. The molecule has 5 nitrogen and oxygen atoms in total. The quantitative estimate of drug-likeness (QED) is 0.801. The summed E-state index contributed by atoms with van der Waals surface area (Å²) in [7, 11) is -0.444. The van der Waals surface area contributed by atoms with Gasteiger partial charge in [0.15, 0.2) is 0 Å². The number of benzene rings is 1. The molecule has 20 heavy (non-hydrogen) atoms. The molecule has 6 heteroatoms. The minimum absolute atomic E-state index is 0.0620. The zero-order valence-corrected chi connectivity index (χ0v) is 12.4. The smallest absolute Gasteiger partial charge is 0.221 e. The van der Waals surface area contributed by atoms with Crippen molar-refractivity contribution in [2.45, 2.75) is 6.42 Å². The van der Waals surface area contributed by atoms with Crippen molar-refractivity contribution in [1.82, 2.24) is 9.62 Å². The second kappa shape index (κ2) is 7.68. The number of nitrogens with zero attached hydrogens (tertiary/aromatic N) is 1. The summed E-state index contributed by atoms with van der Waals surface area (Å²) in [6, 6.07) is 9.42. The lowest BCUT2D eigenvalue weighted by Gasteiger charge is -2.10. The highest BCUT2D eigenvalue weighted by Crippen LogP contribution is 1.97. The third-order valence-corrected chi connectivity index (χ3v) is 4.36. The predicted octanol–water partition coefficient (Wildman–Crippen LogP) is 0.436. The largest absolute Gasteiger partial charge is 0.345 e. The van der Waals surface area contributed by atoms with Crippen LogP contribution < -0.4 is 5.32 Å². The van der Waals surface area contributed by atoms with E-state index in [1.54, 1.807) is 0 Å². The Bertz CT molecular complexity index is 598. The molecule has 0 spiro atoms. The minimum Gasteiger partial charge on any atom is -0.345 e. The van der Waals surface area contributed by atoms with Gasteiger partial charge in [-0.1, -0.05) is 30.0 Å². The summed E-state index contributed by atoms with van der Waals surface area (Å²) in [5, 5.41) is 2.57. The van der Waals surface area contributed by atoms with Crippen molar-refractivity contribution in [2.75, 3.05) is 26.4 Å². The van der Waals surface area contributed by atoms with Gasteiger partial charge in [0.2, 0.25) is 15.9 Å². The second-order valence-corrected chi connectivity index (χ2v) is 6.60. The highest BCUT2D eigenvalue weighted by Gasteiger charge is 2.15. The fourth-order valence-corrected chi connectivity index (χ4v) is 2.11. The van der Waals surface area contributed by atoms with Crippen LogP contribution in [-0.2, 0) is 14.8 Å². The number of hydrogen-bond donors (Lipinski definition) is 1. The molecular formula is C14H18N2O3S. The SMILES string of the molecule is CN(C)S(=O)(=O)CCC(=O)NCC#Cc1ccccc1. The van der Waals surface area contributed by atoms with E-state index in [-0.39, 0.29) is 24.6 Å². The Morgan fingerprint density at radius 1 is 1.25 bits per heavy atom. The fraction of sp³-hybridized carbons (Fsp3) is 0.357. The van der Waals surface area contributed by atoms with Gasteiger partial charge in [0.25, 0.3) is 0 Å². The number of amides is 1. The zero-order chi connectivity index (χ0) is 15.0. The van der Waals surface area contributed by atoms with Gasteiger partial charge in [0, 0.05) is 26.1 Å². The number of nitrogens with one attached hydrogen (secondary N) is 1. The molecule has 0 atom stereocenters. The lowest BCUT2D eigenvalue weighted by Crippen LogP contribution is -2.30. The summed E-state index contributed by atoms with van der Waals surface area (Å²) in [4.78, 5) is 11.5. The van der Waals surface area contributed by atoms with E-state index in [4.69, 9.17) is 0 Å². The summed E-state index contributed by atoms with van der Waals surface area (Å²) in [6.07, 6.45) is -0.0620. The van der Waals surface area contributed by atoms with Crippen LogP contribution in [0.3, 0.4) is 0 Å². The van der Waals surface area contributed by atoms with Crippen molar-refractivity contribution in [3.8, 4) is 11.8 Å². The monoisotopic (exact) mass is 294 g/mol. The average molecular weight is 294 g/mol. The van der Waals surface area contributed by atoms with Crippen LogP contribution in [0.25, 0.3) is 0 Å². The highest BCUT2D eigenvalue weighted by molar-refractivity contribution is 7.89. The molecule has 108 valence electrons. The Morgan fingerprint density at radius 3 is 2.50 bits per heavy atom. The summed E-state index contributed by atoms with van der Waals surface area (Å²) in [5.41, 5.74) is 0.872. The maximum atomic E-state index is 11.5. The van der Waals surface area contributed by atoms with Crippen LogP contribution in [0, 0.1) is 11.8 Å². The Morgan fingerprint density at radius 2 is 1.90 bits per heavy atom. The maximum absolute atomic E-state index is 11.5. The Labute approximate surface area is 120 Å². The van der Waals surface area contributed by atoms with Gasteiger partial charge in [0.1, 0.15) is 0 Å². The molecule has 0 fully saturated rings. The Balaban J connectivity index is 2.33. The average Bonchev–Trinajstić information content (AvgIpc) is 2.42. The number of hydrogen-bond acceptors (Lipinski definition) is 3. The first kappa shape index (κ1) is 16.2. The topological polar surface area (TPSA) is 66.5 Å². The lowest BCUT2D eigenvalue weighted by atomic mass is 10.2. The van der Waals surface area contributed by atoms with Crippen molar-refractivity contribution in [1.29, 1.82) is 0 Å². The van der Waals surface area contributed by atoms with Crippen molar-refractivity contribution in [3.63, 3.8) is 0 Å². The van der Waals surface area contributed by atoms with Gasteiger partial charge >= 0.3 is 0 Å². The van der Waals surface area contributed by atoms with Crippen LogP contribution in [-0.4, -0.2) is 45.0 Å². The van der Waals surface area contributed by atoms with E-state index < -0.39 is 10.0 Å². The first-order valence-electron chi connectivity index (χ1n) is 6.12. The van der Waals surface area contributed by atoms with Gasteiger partial charge in [-0.05, 0) is 12.1 Å². The molecule has 1 aromatic carbocycles. The molecule has 1 aromatic rings. The van der Waals surface area contributed by atoms with Gasteiger partial charge in [-0.2, -0.15) is 0 Å². The van der Waals surface area contributed by atoms with Crippen molar-refractivity contribution in [3.05, 3.63) is 35.9 Å². The van der Waals surface area contributed by atoms with Gasteiger partial charge in [-0.25, -0.2) is 12.7 Å². The predicted molar refractivity (Wildman–Crippen MR) is 78.4 cm³/mol. The molecule has 1 rings (SSSR count). The highest BCUT2D eigenvalue weighted by atomic mass is 32.2. The molecule has 0 saturated carbocycles. The molecule has 0 bridgehead atoms. The molecule has 1 N–H and O–H groups in total. The van der Waals surface area contributed by atoms with Gasteiger partial charge in [-0.15, -0.1) is 0 Å². The number of carbonyl (C=O) groups is 1. The first-order valence-corrected chi connectivity index (χ1v) is 7.73. The molecule has 0 aliphatic carbocycles. The normalized spacial score (nSPS) is 10.8. The molecular weight excluding hydrogens is 276 g/mol. The Kier molecular flexibility index (Phi) is 6.22. The molecule has 0 aromatic heterocycles.